The van der Waals surface area contributed by atoms with Gasteiger partial charge in [-0.15, -0.1) is 0 Å². The summed E-state index contributed by atoms with van der Waals surface area (Å²) in [5, 5.41) is 0. The molecule has 1 unspecified atom stereocenters. The molecule has 0 radical (unpaired) electrons. The van der Waals surface area contributed by atoms with E-state index in [-0.39, 0.29) is 19.6 Å². The highest BCUT2D eigenvalue weighted by Crippen LogP contribution is 2.04. The Labute approximate surface area is 122 Å². The van der Waals surface area contributed by atoms with Crippen LogP contribution in [0.25, 0.3) is 0 Å². The Bertz CT molecular complexity index is 508. The summed E-state index contributed by atoms with van der Waals surface area (Å²) in [6.07, 6.45) is 1.19. The molecule has 1 aromatic rings. The number of ether oxygens (including phenoxy) is 2. The van der Waals surface area contributed by atoms with Gasteiger partial charge in [-0.25, -0.2) is 9.59 Å². The van der Waals surface area contributed by atoms with E-state index in [2.05, 4.69) is 9.73 Å². The molecule has 1 aromatic carbocycles. The molecule has 0 heterocycles. The number of nitrogens with zero attached hydrogens (tertiary/aromatic N) is 1. The number of hydrogen-bond donors (Lipinski definition) is 0. The minimum Gasteiger partial charge on any atom is -0.464 e. The van der Waals surface area contributed by atoms with Gasteiger partial charge in [0.25, 0.3) is 0 Å². The largest absolute Gasteiger partial charge is 0.464 e. The fourth-order valence-electron chi connectivity index (χ4n) is 1.60. The topological polar surface area (TPSA) is 82.0 Å². The Morgan fingerprint density at radius 3 is 2.62 bits per heavy atom. The van der Waals surface area contributed by atoms with Crippen LogP contribution in [0.1, 0.15) is 18.9 Å². The summed E-state index contributed by atoms with van der Waals surface area (Å²) < 4.78 is 10.0. The zero-order valence-corrected chi connectivity index (χ0v) is 11.8. The number of carbonyl (C=O) groups is 2. The van der Waals surface area contributed by atoms with Crippen LogP contribution in [-0.2, 0) is 30.5 Å². The number of benzene rings is 1. The summed E-state index contributed by atoms with van der Waals surface area (Å²) in [4.78, 5) is 36.7. The van der Waals surface area contributed by atoms with E-state index in [0.29, 0.717) is 6.61 Å². The maximum Gasteiger partial charge on any atom is 0.339 e. The van der Waals surface area contributed by atoms with E-state index in [1.54, 1.807) is 6.92 Å². The third-order valence-electron chi connectivity index (χ3n) is 2.60. The van der Waals surface area contributed by atoms with Crippen LogP contribution in [0.5, 0.6) is 0 Å². The lowest BCUT2D eigenvalue weighted by Crippen LogP contribution is -2.31. The lowest BCUT2D eigenvalue weighted by molar-refractivity contribution is -0.147. The van der Waals surface area contributed by atoms with Crippen LogP contribution in [0.3, 0.4) is 0 Å². The average Bonchev–Trinajstić information content (AvgIpc) is 2.50. The number of esters is 1. The number of Topliss-reactive ketones (excluding diaryl/α,β-unsaturated/α-hetero) is 1. The van der Waals surface area contributed by atoms with Crippen molar-refractivity contribution in [2.75, 3.05) is 13.2 Å². The van der Waals surface area contributed by atoms with Gasteiger partial charge < -0.3 is 9.47 Å². The van der Waals surface area contributed by atoms with Crippen molar-refractivity contribution in [3.63, 3.8) is 0 Å². The summed E-state index contributed by atoms with van der Waals surface area (Å²) in [5.41, 5.74) is 0.984. The molecule has 0 aliphatic rings. The SMILES string of the molecule is CCOC(=O)C(N=C=O)C(=O)CCOCc1ccccc1. The van der Waals surface area contributed by atoms with Crippen LogP contribution in [0, 0.1) is 0 Å². The van der Waals surface area contributed by atoms with Gasteiger partial charge in [-0.1, -0.05) is 30.3 Å². The molecular weight excluding hydrogens is 274 g/mol. The predicted molar refractivity (Wildman–Crippen MR) is 74.3 cm³/mol. The number of carbonyl (C=O) groups excluding carboxylic acids is 3. The highest BCUT2D eigenvalue weighted by molar-refractivity contribution is 6.03. The number of rotatable bonds is 9. The van der Waals surface area contributed by atoms with Crippen LogP contribution in [0.4, 0.5) is 0 Å². The normalized spacial score (nSPS) is 11.3. The smallest absolute Gasteiger partial charge is 0.339 e. The summed E-state index contributed by atoms with van der Waals surface area (Å²) in [5.74, 6) is -1.36. The molecule has 0 aliphatic heterocycles. The third kappa shape index (κ3) is 6.12. The van der Waals surface area contributed by atoms with Gasteiger partial charge in [-0.05, 0) is 12.5 Å². The first-order valence-corrected chi connectivity index (χ1v) is 6.57. The van der Waals surface area contributed by atoms with Crippen LogP contribution in [0.15, 0.2) is 35.3 Å². The van der Waals surface area contributed by atoms with Crippen molar-refractivity contribution in [2.45, 2.75) is 26.0 Å². The molecule has 0 aliphatic carbocycles. The van der Waals surface area contributed by atoms with Gasteiger partial charge in [0, 0.05) is 6.42 Å². The summed E-state index contributed by atoms with van der Waals surface area (Å²) in [7, 11) is 0. The second-order valence-electron chi connectivity index (χ2n) is 4.13. The van der Waals surface area contributed by atoms with E-state index >= 15 is 0 Å². The molecule has 0 saturated carbocycles. The van der Waals surface area contributed by atoms with E-state index in [0.717, 1.165) is 5.56 Å². The van der Waals surface area contributed by atoms with Crippen LogP contribution < -0.4 is 0 Å². The van der Waals surface area contributed by atoms with Gasteiger partial charge in [-0.2, -0.15) is 4.99 Å². The van der Waals surface area contributed by atoms with E-state index in [4.69, 9.17) is 4.74 Å². The number of aliphatic imine (C=N–C) groups is 1. The zero-order chi connectivity index (χ0) is 15.5. The second kappa shape index (κ2) is 9.58. The molecule has 0 aromatic heterocycles. The number of isocyanates is 1. The van der Waals surface area contributed by atoms with Crippen molar-refractivity contribution in [3.05, 3.63) is 35.9 Å². The highest BCUT2D eigenvalue weighted by atomic mass is 16.5. The van der Waals surface area contributed by atoms with E-state index in [1.807, 2.05) is 30.3 Å². The molecule has 6 heteroatoms. The maximum atomic E-state index is 11.8. The Morgan fingerprint density at radius 1 is 1.29 bits per heavy atom. The number of hydrogen-bond acceptors (Lipinski definition) is 6. The molecule has 0 bridgehead atoms. The monoisotopic (exact) mass is 291 g/mol. The Kier molecular flexibility index (Phi) is 7.64. The first-order chi connectivity index (χ1) is 10.2. The standard InChI is InChI=1S/C15H17NO5/c1-2-21-15(19)14(16-11-17)13(18)8-9-20-10-12-6-4-3-5-7-12/h3-7,14H,2,8-10H2,1H3. The Balaban J connectivity index is 2.40. The van der Waals surface area contributed by atoms with E-state index < -0.39 is 17.8 Å². The second-order valence-corrected chi connectivity index (χ2v) is 4.13. The number of ketones is 1. The van der Waals surface area contributed by atoms with Crippen LogP contribution in [0.2, 0.25) is 0 Å². The fraction of sp³-hybridized carbons (Fsp3) is 0.400. The molecule has 0 N–H and O–H groups in total. The van der Waals surface area contributed by atoms with Crippen molar-refractivity contribution >= 4 is 17.8 Å². The van der Waals surface area contributed by atoms with E-state index in [9.17, 15) is 14.4 Å². The fourth-order valence-corrected chi connectivity index (χ4v) is 1.60. The Morgan fingerprint density at radius 2 is 2.00 bits per heavy atom. The van der Waals surface area contributed by atoms with Gasteiger partial charge in [-0.3, -0.25) is 4.79 Å². The van der Waals surface area contributed by atoms with Crippen LogP contribution >= 0.6 is 0 Å². The van der Waals surface area contributed by atoms with Gasteiger partial charge >= 0.3 is 5.97 Å². The van der Waals surface area contributed by atoms with Crippen molar-refractivity contribution in [2.24, 2.45) is 4.99 Å². The summed E-state index contributed by atoms with van der Waals surface area (Å²) >= 11 is 0. The van der Waals surface area contributed by atoms with Gasteiger partial charge in [0.1, 0.15) is 0 Å². The van der Waals surface area contributed by atoms with Gasteiger partial charge in [0.2, 0.25) is 12.1 Å². The molecular formula is C15H17NO5. The lowest BCUT2D eigenvalue weighted by Gasteiger charge is -2.09. The molecule has 1 rings (SSSR count). The third-order valence-corrected chi connectivity index (χ3v) is 2.60. The Hall–Kier alpha value is -2.30. The predicted octanol–water partition coefficient (Wildman–Crippen LogP) is 1.43. The molecule has 6 nitrogen and oxygen atoms in total. The maximum absolute atomic E-state index is 11.8. The lowest BCUT2D eigenvalue weighted by atomic mass is 10.1. The van der Waals surface area contributed by atoms with Crippen molar-refractivity contribution in [3.8, 4) is 0 Å². The first kappa shape index (κ1) is 16.8. The molecule has 1 atom stereocenters. The van der Waals surface area contributed by atoms with E-state index in [1.165, 1.54) is 6.08 Å². The zero-order valence-electron chi connectivity index (χ0n) is 11.8. The van der Waals surface area contributed by atoms with Gasteiger partial charge in [0.15, 0.2) is 5.78 Å². The first-order valence-electron chi connectivity index (χ1n) is 6.57. The summed E-state index contributed by atoms with van der Waals surface area (Å²) in [6, 6.07) is 8.04. The average molecular weight is 291 g/mol. The molecule has 0 amide bonds. The van der Waals surface area contributed by atoms with Crippen molar-refractivity contribution < 1.29 is 23.9 Å². The highest BCUT2D eigenvalue weighted by Gasteiger charge is 2.26. The molecule has 0 fully saturated rings. The van der Waals surface area contributed by atoms with Gasteiger partial charge in [0.05, 0.1) is 19.8 Å². The van der Waals surface area contributed by atoms with Crippen molar-refractivity contribution in [1.82, 2.24) is 0 Å². The molecule has 21 heavy (non-hydrogen) atoms. The minimum atomic E-state index is -1.44. The molecule has 112 valence electrons. The minimum absolute atomic E-state index is 0.0263. The molecule has 0 spiro atoms. The van der Waals surface area contributed by atoms with Crippen LogP contribution in [-0.4, -0.2) is 37.1 Å². The summed E-state index contributed by atoms with van der Waals surface area (Å²) in [6.45, 7) is 2.22. The van der Waals surface area contributed by atoms with Crippen molar-refractivity contribution in [1.29, 1.82) is 0 Å². The molecule has 0 saturated heterocycles. The quantitative estimate of drug-likeness (QED) is 0.226.